The molecule has 0 aromatic heterocycles. The molecule has 2 aliphatic rings. The Kier molecular flexibility index (Phi) is 3.87. The quantitative estimate of drug-likeness (QED) is 0.767. The van der Waals surface area contributed by atoms with Crippen LogP contribution in [0.25, 0.3) is 0 Å². The molecule has 2 fully saturated rings. The van der Waals surface area contributed by atoms with Gasteiger partial charge in [0.15, 0.2) is 0 Å². The van der Waals surface area contributed by atoms with Gasteiger partial charge in [0.2, 0.25) is 0 Å². The highest BCUT2D eigenvalue weighted by Gasteiger charge is 2.51. The second-order valence-electron chi connectivity index (χ2n) is 6.36. The van der Waals surface area contributed by atoms with Gasteiger partial charge in [-0.2, -0.15) is 0 Å². The van der Waals surface area contributed by atoms with Gasteiger partial charge in [0.05, 0.1) is 0 Å². The van der Waals surface area contributed by atoms with Crippen LogP contribution in [0.15, 0.2) is 24.3 Å². The van der Waals surface area contributed by atoms with Crippen LogP contribution in [0.1, 0.15) is 24.0 Å². The van der Waals surface area contributed by atoms with Crippen molar-refractivity contribution in [3.63, 3.8) is 0 Å². The molecule has 21 heavy (non-hydrogen) atoms. The van der Waals surface area contributed by atoms with Crippen molar-refractivity contribution in [1.82, 2.24) is 10.2 Å². The monoisotopic (exact) mass is 288 g/mol. The number of urea groups is 1. The van der Waals surface area contributed by atoms with E-state index < -0.39 is 0 Å². The first-order valence-electron chi connectivity index (χ1n) is 7.70. The number of rotatable bonds is 4. The summed E-state index contributed by atoms with van der Waals surface area (Å²) in [5.41, 5.74) is 14.0. The van der Waals surface area contributed by atoms with E-state index >= 15 is 0 Å². The van der Waals surface area contributed by atoms with E-state index in [0.717, 1.165) is 31.4 Å². The van der Waals surface area contributed by atoms with E-state index in [9.17, 15) is 4.79 Å². The smallest absolute Gasteiger partial charge is 0.317 e. The van der Waals surface area contributed by atoms with Gasteiger partial charge < -0.3 is 21.7 Å². The summed E-state index contributed by atoms with van der Waals surface area (Å²) in [7, 11) is 0. The van der Waals surface area contributed by atoms with Crippen molar-refractivity contribution in [3.05, 3.63) is 35.4 Å². The molecule has 1 saturated heterocycles. The van der Waals surface area contributed by atoms with Crippen LogP contribution in [0.4, 0.5) is 4.79 Å². The normalized spacial score (nSPS) is 27.1. The summed E-state index contributed by atoms with van der Waals surface area (Å²) in [6.45, 7) is 2.71. The number of carbonyl (C=O) groups excluding carboxylic acids is 1. The van der Waals surface area contributed by atoms with Crippen molar-refractivity contribution in [2.45, 2.75) is 31.3 Å². The van der Waals surface area contributed by atoms with Crippen LogP contribution in [0, 0.1) is 5.92 Å². The van der Waals surface area contributed by atoms with E-state index in [-0.39, 0.29) is 11.6 Å². The van der Waals surface area contributed by atoms with Crippen molar-refractivity contribution in [2.24, 2.45) is 17.4 Å². The molecular formula is C16H24N4O. The lowest BCUT2D eigenvalue weighted by Crippen LogP contribution is -2.55. The minimum atomic E-state index is -0.110. The van der Waals surface area contributed by atoms with Crippen molar-refractivity contribution in [2.75, 3.05) is 19.6 Å². The number of hydrogen-bond donors (Lipinski definition) is 3. The SMILES string of the molecule is NCCc1ccc(CNC(=O)N2C[C@@H]3CC[C@]3(N)C2)cc1. The van der Waals surface area contributed by atoms with Crippen LogP contribution < -0.4 is 16.8 Å². The van der Waals surface area contributed by atoms with Crippen molar-refractivity contribution in [1.29, 1.82) is 0 Å². The van der Waals surface area contributed by atoms with Crippen LogP contribution in [0.5, 0.6) is 0 Å². The van der Waals surface area contributed by atoms with E-state index in [4.69, 9.17) is 11.5 Å². The Morgan fingerprint density at radius 1 is 1.33 bits per heavy atom. The predicted octanol–water partition coefficient (Wildman–Crippen LogP) is 0.820. The van der Waals surface area contributed by atoms with Crippen molar-refractivity contribution >= 4 is 6.03 Å². The molecule has 1 heterocycles. The molecular weight excluding hydrogens is 264 g/mol. The van der Waals surface area contributed by atoms with Crippen LogP contribution >= 0.6 is 0 Å². The van der Waals surface area contributed by atoms with Gasteiger partial charge in [0.25, 0.3) is 0 Å². The lowest BCUT2D eigenvalue weighted by atomic mass is 9.70. The molecule has 0 radical (unpaired) electrons. The summed E-state index contributed by atoms with van der Waals surface area (Å²) >= 11 is 0. The van der Waals surface area contributed by atoms with E-state index in [2.05, 4.69) is 17.4 Å². The minimum Gasteiger partial charge on any atom is -0.334 e. The first-order chi connectivity index (χ1) is 10.1. The minimum absolute atomic E-state index is 0.000240. The largest absolute Gasteiger partial charge is 0.334 e. The molecule has 3 rings (SSSR count). The van der Waals surface area contributed by atoms with Gasteiger partial charge in [-0.15, -0.1) is 0 Å². The topological polar surface area (TPSA) is 84.4 Å². The molecule has 1 saturated carbocycles. The standard InChI is InChI=1S/C16H24N4O/c17-8-6-12-1-3-13(4-2-12)9-19-15(21)20-10-14-5-7-16(14,18)11-20/h1-4,14H,5-11,17-18H2,(H,19,21)/t14-,16-/m0/s1. The highest BCUT2D eigenvalue weighted by Crippen LogP contribution is 2.42. The number of amides is 2. The Balaban J connectivity index is 1.49. The molecule has 5 nitrogen and oxygen atoms in total. The molecule has 1 aromatic carbocycles. The first kappa shape index (κ1) is 14.4. The zero-order valence-electron chi connectivity index (χ0n) is 12.3. The second kappa shape index (κ2) is 5.66. The fraction of sp³-hybridized carbons (Fsp3) is 0.562. The van der Waals surface area contributed by atoms with E-state index in [1.807, 2.05) is 17.0 Å². The molecule has 1 aromatic rings. The summed E-state index contributed by atoms with van der Waals surface area (Å²) in [6.07, 6.45) is 3.09. The molecule has 0 bridgehead atoms. The molecule has 5 N–H and O–H groups in total. The van der Waals surface area contributed by atoms with Gasteiger partial charge in [0, 0.05) is 25.2 Å². The number of benzene rings is 1. The number of fused-ring (bicyclic) bond motifs is 1. The molecule has 0 spiro atoms. The van der Waals surface area contributed by atoms with Crippen molar-refractivity contribution in [3.8, 4) is 0 Å². The third kappa shape index (κ3) is 2.89. The summed E-state index contributed by atoms with van der Waals surface area (Å²) in [5, 5.41) is 2.99. The predicted molar refractivity (Wildman–Crippen MR) is 82.7 cm³/mol. The number of carbonyl (C=O) groups is 1. The maximum absolute atomic E-state index is 12.2. The Bertz CT molecular complexity index is 516. The third-order valence-corrected chi connectivity index (χ3v) is 4.88. The third-order valence-electron chi connectivity index (χ3n) is 4.88. The molecule has 0 unspecified atom stereocenters. The summed E-state index contributed by atoms with van der Waals surface area (Å²) < 4.78 is 0. The Morgan fingerprint density at radius 3 is 2.57 bits per heavy atom. The van der Waals surface area contributed by atoms with E-state index in [1.165, 1.54) is 5.56 Å². The molecule has 1 aliphatic heterocycles. The average molecular weight is 288 g/mol. The van der Waals surface area contributed by atoms with Gasteiger partial charge >= 0.3 is 6.03 Å². The van der Waals surface area contributed by atoms with Crippen LogP contribution in [0.2, 0.25) is 0 Å². The van der Waals surface area contributed by atoms with Crippen LogP contribution in [-0.4, -0.2) is 36.1 Å². The number of hydrogen-bond acceptors (Lipinski definition) is 3. The van der Waals surface area contributed by atoms with E-state index in [0.29, 0.717) is 25.6 Å². The van der Waals surface area contributed by atoms with Gasteiger partial charge in [-0.3, -0.25) is 0 Å². The van der Waals surface area contributed by atoms with Crippen LogP contribution in [0.3, 0.4) is 0 Å². The van der Waals surface area contributed by atoms with Gasteiger partial charge in [-0.25, -0.2) is 4.79 Å². The fourth-order valence-corrected chi connectivity index (χ4v) is 3.32. The lowest BCUT2D eigenvalue weighted by molar-refractivity contribution is 0.187. The van der Waals surface area contributed by atoms with Gasteiger partial charge in [0.1, 0.15) is 0 Å². The number of nitrogens with zero attached hydrogens (tertiary/aromatic N) is 1. The highest BCUT2D eigenvalue weighted by atomic mass is 16.2. The van der Waals surface area contributed by atoms with Gasteiger partial charge in [-0.05, 0) is 42.9 Å². The van der Waals surface area contributed by atoms with Gasteiger partial charge in [-0.1, -0.05) is 24.3 Å². The van der Waals surface area contributed by atoms with E-state index in [1.54, 1.807) is 0 Å². The second-order valence-corrected chi connectivity index (χ2v) is 6.36. The molecule has 2 amide bonds. The molecule has 5 heteroatoms. The Morgan fingerprint density at radius 2 is 2.05 bits per heavy atom. The van der Waals surface area contributed by atoms with Crippen molar-refractivity contribution < 1.29 is 4.79 Å². The lowest BCUT2D eigenvalue weighted by Gasteiger charge is -2.39. The number of nitrogens with two attached hydrogens (primary N) is 2. The maximum atomic E-state index is 12.2. The number of nitrogens with one attached hydrogen (secondary N) is 1. The summed E-state index contributed by atoms with van der Waals surface area (Å²) in [5.74, 6) is 0.499. The molecule has 1 aliphatic carbocycles. The summed E-state index contributed by atoms with van der Waals surface area (Å²) in [6, 6.07) is 8.23. The Hall–Kier alpha value is -1.59. The fourth-order valence-electron chi connectivity index (χ4n) is 3.32. The zero-order valence-corrected chi connectivity index (χ0v) is 12.3. The number of likely N-dealkylation sites (tertiary alicyclic amines) is 1. The highest BCUT2D eigenvalue weighted by molar-refractivity contribution is 5.75. The Labute approximate surface area is 125 Å². The summed E-state index contributed by atoms with van der Waals surface area (Å²) in [4.78, 5) is 14.1. The molecule has 114 valence electrons. The van der Waals surface area contributed by atoms with Crippen LogP contribution in [-0.2, 0) is 13.0 Å². The molecule has 2 atom stereocenters. The average Bonchev–Trinajstić information content (AvgIpc) is 2.71. The first-order valence-corrected chi connectivity index (χ1v) is 7.70. The maximum Gasteiger partial charge on any atom is 0.317 e. The zero-order chi connectivity index (χ0) is 14.9.